The van der Waals surface area contributed by atoms with Crippen LogP contribution < -0.4 is 0 Å². The fourth-order valence-electron chi connectivity index (χ4n) is 3.79. The molecule has 4 atom stereocenters. The second-order valence-corrected chi connectivity index (χ2v) is 21.5. The Hall–Kier alpha value is 2.76. The largest absolute Gasteiger partial charge is 0.319 e. The number of hydrogen-bond acceptors (Lipinski definition) is 6. The number of thiol groups is 2. The van der Waals surface area contributed by atoms with Crippen molar-refractivity contribution in [2.75, 3.05) is 0 Å². The van der Waals surface area contributed by atoms with Crippen LogP contribution in [0.5, 0.6) is 0 Å². The van der Waals surface area contributed by atoms with Crippen LogP contribution in [0.3, 0.4) is 0 Å². The van der Waals surface area contributed by atoms with Gasteiger partial charge < -0.3 is 18.1 Å². The van der Waals surface area contributed by atoms with Crippen LogP contribution in [0.4, 0.5) is 0 Å². The van der Waals surface area contributed by atoms with E-state index in [-0.39, 0.29) is 51.7 Å². The van der Waals surface area contributed by atoms with Gasteiger partial charge in [0.1, 0.15) is 0 Å². The molecule has 212 valence electrons. The Morgan fingerprint density at radius 1 is 0.457 bits per heavy atom. The summed E-state index contributed by atoms with van der Waals surface area (Å²) in [4.78, 5) is 0. The minimum Gasteiger partial charge on any atom is -0.319 e. The van der Waals surface area contributed by atoms with Crippen LogP contribution in [0.15, 0.2) is 0 Å². The molecular formula is C24H54O4P2PbS4. The molecule has 0 saturated heterocycles. The first-order valence-electron chi connectivity index (χ1n) is 12.6. The summed E-state index contributed by atoms with van der Waals surface area (Å²) in [5.74, 6) is 2.39. The van der Waals surface area contributed by atoms with Gasteiger partial charge in [0, 0.05) is 27.3 Å². The van der Waals surface area contributed by atoms with Crippen molar-refractivity contribution in [1.82, 2.24) is 0 Å². The molecular weight excluding hydrogens is 750 g/mol. The van der Waals surface area contributed by atoms with Crippen molar-refractivity contribution in [3.63, 3.8) is 0 Å². The summed E-state index contributed by atoms with van der Waals surface area (Å²) in [7, 11) is 0. The molecule has 0 aliphatic rings. The van der Waals surface area contributed by atoms with E-state index in [1.807, 2.05) is 27.7 Å². The van der Waals surface area contributed by atoms with E-state index in [1.165, 1.54) is 0 Å². The van der Waals surface area contributed by atoms with Gasteiger partial charge in [0.2, 0.25) is 11.4 Å². The van der Waals surface area contributed by atoms with Crippen LogP contribution in [-0.2, 0) is 41.7 Å². The average molecular weight is 804 g/mol. The molecule has 35 heavy (non-hydrogen) atoms. The third-order valence-electron chi connectivity index (χ3n) is 4.47. The average Bonchev–Trinajstić information content (AvgIpc) is 2.48. The Kier molecular flexibility index (Phi) is 25.9. The van der Waals surface area contributed by atoms with E-state index < -0.39 is 11.4 Å². The van der Waals surface area contributed by atoms with Gasteiger partial charge in [0.25, 0.3) is 0 Å². The minimum absolute atomic E-state index is 0. The van der Waals surface area contributed by atoms with Crippen LogP contribution in [-0.4, -0.2) is 51.7 Å². The van der Waals surface area contributed by atoms with Gasteiger partial charge in [0.05, 0.1) is 24.4 Å². The Morgan fingerprint density at radius 2 is 0.600 bits per heavy atom. The molecule has 0 rings (SSSR count). The molecule has 0 aromatic carbocycles. The second kappa shape index (κ2) is 21.5. The summed E-state index contributed by atoms with van der Waals surface area (Å²) < 4.78 is 23.1. The SMILES string of the molecule is CC(C)CC(C)OP(=S)(S)OC(C)CC(C)C.CC(C)CC(C)OP(=S)(S)OC(C)CC(C)C.[Pb]. The first-order chi connectivity index (χ1) is 15.2. The van der Waals surface area contributed by atoms with Gasteiger partial charge in [-0.15, -0.1) is 0 Å². The summed E-state index contributed by atoms with van der Waals surface area (Å²) in [6.07, 6.45) is 4.41. The molecule has 0 saturated carbocycles. The van der Waals surface area contributed by atoms with Crippen molar-refractivity contribution in [3.8, 4) is 0 Å². The zero-order valence-electron chi connectivity index (χ0n) is 24.2. The van der Waals surface area contributed by atoms with Crippen molar-refractivity contribution >= 4 is 86.8 Å². The van der Waals surface area contributed by atoms with Gasteiger partial charge in [0.15, 0.2) is 0 Å². The zero-order chi connectivity index (χ0) is 27.3. The van der Waals surface area contributed by atoms with E-state index in [4.69, 9.17) is 41.7 Å². The first-order valence-corrected chi connectivity index (χ1v) is 20.2. The van der Waals surface area contributed by atoms with Gasteiger partial charge in [-0.05, 0) is 101 Å². The summed E-state index contributed by atoms with van der Waals surface area (Å²) in [6, 6.07) is 0. The fraction of sp³-hybridized carbons (Fsp3) is 1.00. The van der Waals surface area contributed by atoms with E-state index >= 15 is 0 Å². The van der Waals surface area contributed by atoms with Crippen molar-refractivity contribution in [1.29, 1.82) is 0 Å². The molecule has 11 heteroatoms. The maximum atomic E-state index is 5.77. The topological polar surface area (TPSA) is 36.9 Å². The molecule has 0 amide bonds. The molecule has 0 N–H and O–H groups in total. The summed E-state index contributed by atoms with van der Waals surface area (Å²) in [5.41, 5.74) is -4.78. The first kappa shape index (κ1) is 42.2. The van der Waals surface area contributed by atoms with Crippen molar-refractivity contribution in [2.24, 2.45) is 23.7 Å². The molecule has 4 nitrogen and oxygen atoms in total. The molecule has 0 aromatic heterocycles. The molecule has 0 aromatic rings. The Morgan fingerprint density at radius 3 is 0.714 bits per heavy atom. The number of rotatable bonds is 16. The van der Waals surface area contributed by atoms with Crippen LogP contribution >= 0.6 is 35.9 Å². The molecule has 0 aliphatic carbocycles. The van der Waals surface area contributed by atoms with Crippen LogP contribution in [0.1, 0.15) is 109 Å². The fourth-order valence-corrected chi connectivity index (χ4v) is 9.74. The monoisotopic (exact) mass is 804 g/mol. The molecule has 0 spiro atoms. The smallest absolute Gasteiger partial charge is 0.244 e. The van der Waals surface area contributed by atoms with E-state index in [0.29, 0.717) is 23.7 Å². The van der Waals surface area contributed by atoms with E-state index in [0.717, 1.165) is 25.7 Å². The van der Waals surface area contributed by atoms with E-state index in [1.54, 1.807) is 0 Å². The maximum absolute atomic E-state index is 5.77. The maximum Gasteiger partial charge on any atom is 0.244 e. The Labute approximate surface area is 259 Å². The molecule has 4 unspecified atom stereocenters. The standard InChI is InChI=1S/2C12H27O2PS2.Pb/c2*1-9(2)7-11(5)13-15(16,17)14-12(6)8-10(3)4;/h2*9-12H,7-8H2,1-6H3,(H,16,17);. The molecule has 0 fully saturated rings. The van der Waals surface area contributed by atoms with Crippen molar-refractivity contribution < 1.29 is 18.1 Å². The second-order valence-electron chi connectivity index (χ2n) is 11.1. The summed E-state index contributed by atoms with van der Waals surface area (Å²) in [6.45, 7) is 25.5. The van der Waals surface area contributed by atoms with Gasteiger partial charge in [-0.3, -0.25) is 0 Å². The van der Waals surface area contributed by atoms with Crippen molar-refractivity contribution in [3.05, 3.63) is 0 Å². The van der Waals surface area contributed by atoms with Crippen LogP contribution in [0, 0.1) is 23.7 Å². The Bertz CT molecular complexity index is 528. The number of hydrogen-bond donors (Lipinski definition) is 2. The van der Waals surface area contributed by atoms with Crippen LogP contribution in [0.25, 0.3) is 0 Å². The Balaban J connectivity index is -0.000000569. The van der Waals surface area contributed by atoms with Gasteiger partial charge in [-0.1, -0.05) is 79.9 Å². The third-order valence-corrected chi connectivity index (χ3v) is 9.14. The molecule has 4 radical (unpaired) electrons. The normalized spacial score (nSPS) is 18.8. The van der Waals surface area contributed by atoms with E-state index in [2.05, 4.69) is 79.9 Å². The summed E-state index contributed by atoms with van der Waals surface area (Å²) >= 11 is 19.4. The van der Waals surface area contributed by atoms with Crippen LogP contribution in [0.2, 0.25) is 0 Å². The third kappa shape index (κ3) is 29.6. The molecule has 0 heterocycles. The molecule has 0 bridgehead atoms. The van der Waals surface area contributed by atoms with Gasteiger partial charge >= 0.3 is 0 Å². The predicted molar refractivity (Wildman–Crippen MR) is 172 cm³/mol. The zero-order valence-corrected chi connectivity index (χ0v) is 33.3. The minimum atomic E-state index is -2.39. The van der Waals surface area contributed by atoms with Gasteiger partial charge in [-0.25, -0.2) is 0 Å². The molecule has 0 aliphatic heterocycles. The van der Waals surface area contributed by atoms with Crippen molar-refractivity contribution in [2.45, 2.75) is 133 Å². The van der Waals surface area contributed by atoms with Gasteiger partial charge in [-0.2, -0.15) is 0 Å². The predicted octanol–water partition coefficient (Wildman–Crippen LogP) is 9.71. The van der Waals surface area contributed by atoms with E-state index in [9.17, 15) is 0 Å². The quantitative estimate of drug-likeness (QED) is 0.0921. The summed E-state index contributed by atoms with van der Waals surface area (Å²) in [5, 5.41) is 0.